The van der Waals surface area contributed by atoms with Crippen molar-refractivity contribution in [3.8, 4) is 0 Å². The van der Waals surface area contributed by atoms with Crippen molar-refractivity contribution in [2.75, 3.05) is 6.61 Å². The largest absolute Gasteiger partial charge is 0.466 e. The first-order valence-corrected chi connectivity index (χ1v) is 3.02. The molecule has 0 saturated carbocycles. The van der Waals surface area contributed by atoms with Crippen LogP contribution in [0, 0.1) is 0 Å². The molecule has 0 aromatic heterocycles. The van der Waals surface area contributed by atoms with Crippen molar-refractivity contribution < 1.29 is 9.53 Å². The lowest BCUT2D eigenvalue weighted by molar-refractivity contribution is -0.140. The van der Waals surface area contributed by atoms with Crippen molar-refractivity contribution in [1.82, 2.24) is 0 Å². The van der Waals surface area contributed by atoms with E-state index in [0.717, 1.165) is 6.42 Å². The number of hydrogen-bond donors (Lipinski definition) is 0. The Balaban J connectivity index is 3.01. The molecule has 0 atom stereocenters. The summed E-state index contributed by atoms with van der Waals surface area (Å²) >= 11 is 0. The second kappa shape index (κ2) is 5.35. The Labute approximate surface area is 55.5 Å². The summed E-state index contributed by atoms with van der Waals surface area (Å²) in [4.78, 5) is 10.2. The molecule has 0 bridgehead atoms. The van der Waals surface area contributed by atoms with Gasteiger partial charge in [-0.1, -0.05) is 12.2 Å². The van der Waals surface area contributed by atoms with Gasteiger partial charge in [-0.05, 0) is 13.3 Å². The fourth-order valence-electron chi connectivity index (χ4n) is 0.437. The van der Waals surface area contributed by atoms with E-state index in [4.69, 9.17) is 0 Å². The van der Waals surface area contributed by atoms with Gasteiger partial charge in [0.25, 0.3) is 0 Å². The molecule has 0 aliphatic rings. The zero-order chi connectivity index (χ0) is 7.11. The minimum Gasteiger partial charge on any atom is -0.466 e. The van der Waals surface area contributed by atoms with E-state index in [1.165, 1.54) is 6.92 Å². The molecule has 0 amide bonds. The van der Waals surface area contributed by atoms with Crippen LogP contribution in [0.1, 0.15) is 20.3 Å². The van der Waals surface area contributed by atoms with Gasteiger partial charge in [-0.15, -0.1) is 0 Å². The predicted molar refractivity (Wildman–Crippen MR) is 36.1 cm³/mol. The number of rotatable bonds is 3. The number of hydrogen-bond acceptors (Lipinski definition) is 2. The standard InChI is InChI=1S/C7H12O2/c1-3-4-5-6-9-7(2)8/h3-4H,5-6H2,1-2H3/b4-3-. The Bertz CT molecular complexity index is 105. The van der Waals surface area contributed by atoms with Gasteiger partial charge in [-0.3, -0.25) is 4.79 Å². The number of carbonyl (C=O) groups is 1. The van der Waals surface area contributed by atoms with Gasteiger partial charge in [-0.25, -0.2) is 0 Å². The topological polar surface area (TPSA) is 26.3 Å². The van der Waals surface area contributed by atoms with Crippen molar-refractivity contribution in [3.63, 3.8) is 0 Å². The van der Waals surface area contributed by atoms with Crippen molar-refractivity contribution in [3.05, 3.63) is 12.2 Å². The molecular weight excluding hydrogens is 116 g/mol. The van der Waals surface area contributed by atoms with E-state index < -0.39 is 0 Å². The zero-order valence-corrected chi connectivity index (χ0v) is 5.89. The van der Waals surface area contributed by atoms with E-state index in [2.05, 4.69) is 4.74 Å². The quantitative estimate of drug-likeness (QED) is 0.327. The third-order valence-electron chi connectivity index (χ3n) is 0.826. The molecule has 0 N–H and O–H groups in total. The van der Waals surface area contributed by atoms with Crippen LogP contribution < -0.4 is 0 Å². The summed E-state index contributed by atoms with van der Waals surface area (Å²) in [5, 5.41) is 0. The summed E-state index contributed by atoms with van der Waals surface area (Å²) < 4.78 is 4.65. The minimum atomic E-state index is -0.209. The molecule has 0 heterocycles. The van der Waals surface area contributed by atoms with Gasteiger partial charge in [0.1, 0.15) is 0 Å². The Morgan fingerprint density at radius 3 is 2.78 bits per heavy atom. The van der Waals surface area contributed by atoms with Gasteiger partial charge < -0.3 is 4.74 Å². The van der Waals surface area contributed by atoms with Crippen LogP contribution in [0.15, 0.2) is 12.2 Å². The maximum Gasteiger partial charge on any atom is 0.302 e. The lowest BCUT2D eigenvalue weighted by Crippen LogP contribution is -1.98. The van der Waals surface area contributed by atoms with Crippen LogP contribution in [-0.4, -0.2) is 12.6 Å². The summed E-state index contributed by atoms with van der Waals surface area (Å²) in [6, 6.07) is 0. The molecule has 2 nitrogen and oxygen atoms in total. The number of carbonyl (C=O) groups excluding carboxylic acids is 1. The Morgan fingerprint density at radius 2 is 2.33 bits per heavy atom. The first kappa shape index (κ1) is 8.21. The van der Waals surface area contributed by atoms with Crippen LogP contribution in [0.3, 0.4) is 0 Å². The van der Waals surface area contributed by atoms with Crippen LogP contribution in [0.5, 0.6) is 0 Å². The number of allylic oxidation sites excluding steroid dienone is 1. The monoisotopic (exact) mass is 128 g/mol. The van der Waals surface area contributed by atoms with Gasteiger partial charge in [0.2, 0.25) is 0 Å². The summed E-state index contributed by atoms with van der Waals surface area (Å²) in [5.41, 5.74) is 0. The molecular formula is C7H12O2. The van der Waals surface area contributed by atoms with Gasteiger partial charge >= 0.3 is 5.97 Å². The third-order valence-corrected chi connectivity index (χ3v) is 0.826. The molecule has 0 saturated heterocycles. The highest BCUT2D eigenvalue weighted by molar-refractivity contribution is 5.65. The molecule has 52 valence electrons. The molecule has 0 unspecified atom stereocenters. The van der Waals surface area contributed by atoms with Crippen LogP contribution in [0.2, 0.25) is 0 Å². The van der Waals surface area contributed by atoms with E-state index in [1.54, 1.807) is 0 Å². The van der Waals surface area contributed by atoms with Crippen LogP contribution in [0.4, 0.5) is 0 Å². The summed E-state index contributed by atoms with van der Waals surface area (Å²) in [7, 11) is 0. The maximum absolute atomic E-state index is 10.2. The lowest BCUT2D eigenvalue weighted by Gasteiger charge is -1.95. The first-order valence-electron chi connectivity index (χ1n) is 3.02. The Morgan fingerprint density at radius 1 is 1.67 bits per heavy atom. The van der Waals surface area contributed by atoms with E-state index >= 15 is 0 Å². The smallest absolute Gasteiger partial charge is 0.302 e. The van der Waals surface area contributed by atoms with E-state index in [0.29, 0.717) is 6.61 Å². The fourth-order valence-corrected chi connectivity index (χ4v) is 0.437. The lowest BCUT2D eigenvalue weighted by atomic mass is 10.4. The molecule has 9 heavy (non-hydrogen) atoms. The predicted octanol–water partition coefficient (Wildman–Crippen LogP) is 1.52. The number of esters is 1. The van der Waals surface area contributed by atoms with Crippen molar-refractivity contribution in [1.29, 1.82) is 0 Å². The average molecular weight is 128 g/mol. The Kier molecular flexibility index (Phi) is 4.88. The number of ether oxygens (including phenoxy) is 1. The van der Waals surface area contributed by atoms with Crippen LogP contribution in [-0.2, 0) is 9.53 Å². The summed E-state index contributed by atoms with van der Waals surface area (Å²) in [6.45, 7) is 3.85. The van der Waals surface area contributed by atoms with Gasteiger partial charge in [0.15, 0.2) is 0 Å². The molecule has 0 fully saturated rings. The maximum atomic E-state index is 10.2. The van der Waals surface area contributed by atoms with Crippen LogP contribution >= 0.6 is 0 Å². The highest BCUT2D eigenvalue weighted by Gasteiger charge is 1.87. The summed E-state index contributed by atoms with van der Waals surface area (Å²) in [6.07, 6.45) is 4.71. The second-order valence-electron chi connectivity index (χ2n) is 1.70. The van der Waals surface area contributed by atoms with E-state index in [1.807, 2.05) is 19.1 Å². The van der Waals surface area contributed by atoms with Crippen molar-refractivity contribution in [2.45, 2.75) is 20.3 Å². The van der Waals surface area contributed by atoms with Gasteiger partial charge in [0, 0.05) is 6.92 Å². The van der Waals surface area contributed by atoms with Crippen LogP contribution in [0.25, 0.3) is 0 Å². The highest BCUT2D eigenvalue weighted by atomic mass is 16.5. The molecule has 2 heteroatoms. The molecule has 0 rings (SSSR count). The van der Waals surface area contributed by atoms with Crippen molar-refractivity contribution in [2.24, 2.45) is 0 Å². The molecule has 0 aliphatic carbocycles. The van der Waals surface area contributed by atoms with Crippen molar-refractivity contribution >= 4 is 5.97 Å². The SMILES string of the molecule is C/C=C\CCOC(C)=O. The molecule has 0 aromatic rings. The highest BCUT2D eigenvalue weighted by Crippen LogP contribution is 1.84. The molecule has 0 spiro atoms. The van der Waals surface area contributed by atoms with Gasteiger partial charge in [-0.2, -0.15) is 0 Å². The molecule has 0 aromatic carbocycles. The van der Waals surface area contributed by atoms with E-state index in [-0.39, 0.29) is 5.97 Å². The third kappa shape index (κ3) is 7.21. The normalized spacial score (nSPS) is 10.0. The fraction of sp³-hybridized carbons (Fsp3) is 0.571. The molecule has 0 radical (unpaired) electrons. The van der Waals surface area contributed by atoms with Gasteiger partial charge in [0.05, 0.1) is 6.61 Å². The second-order valence-corrected chi connectivity index (χ2v) is 1.70. The average Bonchev–Trinajstić information content (AvgIpc) is 1.80. The first-order chi connectivity index (χ1) is 4.27. The zero-order valence-electron chi connectivity index (χ0n) is 5.89. The summed E-state index contributed by atoms with van der Waals surface area (Å²) in [5.74, 6) is -0.209. The van der Waals surface area contributed by atoms with E-state index in [9.17, 15) is 4.79 Å². The minimum absolute atomic E-state index is 0.209. The Hall–Kier alpha value is -0.790. The molecule has 0 aliphatic heterocycles.